The normalized spacial score (nSPS) is 11.2. The molecule has 0 atom stereocenters. The van der Waals surface area contributed by atoms with Gasteiger partial charge in [-0.05, 0) is 74.4 Å². The lowest BCUT2D eigenvalue weighted by Crippen LogP contribution is -2.42. The van der Waals surface area contributed by atoms with Crippen molar-refractivity contribution in [2.24, 2.45) is 0 Å². The minimum absolute atomic E-state index is 0.112. The quantitative estimate of drug-likeness (QED) is 0.477. The van der Waals surface area contributed by atoms with Gasteiger partial charge in [-0.15, -0.1) is 0 Å². The van der Waals surface area contributed by atoms with Crippen LogP contribution in [0.1, 0.15) is 16.7 Å². The standard InChI is InChI=1S/C25H27FN2O4S/c1-18-7-13-23(14-8-18)33(30,31)28(24-6-4-5-19(2)20(24)3)17-25(29)27-15-16-32-22-11-9-21(26)10-12-22/h4-14H,15-17H2,1-3H3,(H,27,29). The molecule has 0 fully saturated rings. The maximum absolute atomic E-state index is 13.5. The number of benzene rings is 3. The molecular formula is C25H27FN2O4S. The third kappa shape index (κ3) is 6.10. The molecule has 0 spiro atoms. The second kappa shape index (κ2) is 10.5. The molecule has 0 radical (unpaired) electrons. The molecule has 0 aliphatic carbocycles. The van der Waals surface area contributed by atoms with Crippen LogP contribution in [0.15, 0.2) is 71.6 Å². The van der Waals surface area contributed by atoms with Crippen LogP contribution in [0.3, 0.4) is 0 Å². The molecular weight excluding hydrogens is 443 g/mol. The van der Waals surface area contributed by atoms with E-state index >= 15 is 0 Å². The first-order chi connectivity index (χ1) is 15.7. The Bertz CT molecular complexity index is 1210. The van der Waals surface area contributed by atoms with Gasteiger partial charge in [0, 0.05) is 0 Å². The van der Waals surface area contributed by atoms with Gasteiger partial charge in [0.1, 0.15) is 24.7 Å². The predicted molar refractivity (Wildman–Crippen MR) is 127 cm³/mol. The summed E-state index contributed by atoms with van der Waals surface area (Å²) in [5.41, 5.74) is 3.09. The van der Waals surface area contributed by atoms with E-state index in [1.807, 2.05) is 26.8 Å². The third-order valence-corrected chi connectivity index (χ3v) is 7.02. The van der Waals surface area contributed by atoms with Crippen molar-refractivity contribution >= 4 is 21.6 Å². The number of anilines is 1. The second-order valence-electron chi connectivity index (χ2n) is 7.70. The van der Waals surface area contributed by atoms with Crippen molar-refractivity contribution in [3.8, 4) is 5.75 Å². The Morgan fingerprint density at radius 3 is 2.30 bits per heavy atom. The Hall–Kier alpha value is -3.39. The molecule has 0 heterocycles. The lowest BCUT2D eigenvalue weighted by Gasteiger charge is -2.26. The summed E-state index contributed by atoms with van der Waals surface area (Å²) in [5.74, 6) is -0.351. The fourth-order valence-corrected chi connectivity index (χ4v) is 4.70. The van der Waals surface area contributed by atoms with E-state index in [1.165, 1.54) is 36.4 Å². The summed E-state index contributed by atoms with van der Waals surface area (Å²) in [7, 11) is -3.98. The van der Waals surface area contributed by atoms with E-state index in [0.717, 1.165) is 21.0 Å². The summed E-state index contributed by atoms with van der Waals surface area (Å²) >= 11 is 0. The zero-order valence-corrected chi connectivity index (χ0v) is 19.7. The second-order valence-corrected chi connectivity index (χ2v) is 9.56. The van der Waals surface area contributed by atoms with Crippen LogP contribution in [0.5, 0.6) is 5.75 Å². The molecule has 3 aromatic rings. The van der Waals surface area contributed by atoms with E-state index in [0.29, 0.717) is 11.4 Å². The molecule has 0 bridgehead atoms. The first kappa shape index (κ1) is 24.3. The summed E-state index contributed by atoms with van der Waals surface area (Å²) in [5, 5.41) is 2.69. The predicted octanol–water partition coefficient (Wildman–Crippen LogP) is 4.14. The van der Waals surface area contributed by atoms with Gasteiger partial charge < -0.3 is 10.1 Å². The Morgan fingerprint density at radius 2 is 1.64 bits per heavy atom. The Kier molecular flexibility index (Phi) is 7.71. The maximum Gasteiger partial charge on any atom is 0.264 e. The highest BCUT2D eigenvalue weighted by atomic mass is 32.2. The summed E-state index contributed by atoms with van der Waals surface area (Å²) in [4.78, 5) is 12.8. The molecule has 0 unspecified atom stereocenters. The number of sulfonamides is 1. The van der Waals surface area contributed by atoms with Crippen LogP contribution in [0.2, 0.25) is 0 Å². The van der Waals surface area contributed by atoms with Gasteiger partial charge in [-0.25, -0.2) is 12.8 Å². The van der Waals surface area contributed by atoms with Crippen LogP contribution in [0.4, 0.5) is 10.1 Å². The van der Waals surface area contributed by atoms with E-state index in [-0.39, 0.29) is 30.4 Å². The fourth-order valence-electron chi connectivity index (χ4n) is 3.22. The zero-order chi connectivity index (χ0) is 24.0. The highest BCUT2D eigenvalue weighted by Crippen LogP contribution is 2.28. The number of carbonyl (C=O) groups is 1. The SMILES string of the molecule is Cc1ccc(S(=O)(=O)N(CC(=O)NCCOc2ccc(F)cc2)c2cccc(C)c2C)cc1. The zero-order valence-electron chi connectivity index (χ0n) is 18.8. The number of hydrogen-bond acceptors (Lipinski definition) is 4. The summed E-state index contributed by atoms with van der Waals surface area (Å²) in [6.45, 7) is 5.55. The van der Waals surface area contributed by atoms with E-state index in [1.54, 1.807) is 24.3 Å². The van der Waals surface area contributed by atoms with Gasteiger partial charge in [-0.2, -0.15) is 0 Å². The summed E-state index contributed by atoms with van der Waals surface area (Å²) in [6, 6.07) is 17.4. The number of halogens is 1. The van der Waals surface area contributed by atoms with E-state index in [2.05, 4.69) is 5.32 Å². The molecule has 0 saturated heterocycles. The number of rotatable bonds is 9. The first-order valence-electron chi connectivity index (χ1n) is 10.5. The Labute approximate surface area is 194 Å². The highest BCUT2D eigenvalue weighted by Gasteiger charge is 2.28. The van der Waals surface area contributed by atoms with Gasteiger partial charge >= 0.3 is 0 Å². The Balaban J connectivity index is 1.75. The molecule has 8 heteroatoms. The molecule has 0 aliphatic heterocycles. The number of carbonyl (C=O) groups excluding carboxylic acids is 1. The maximum atomic E-state index is 13.5. The van der Waals surface area contributed by atoms with Gasteiger partial charge in [0.25, 0.3) is 10.0 Å². The molecule has 3 rings (SSSR count). The summed E-state index contributed by atoms with van der Waals surface area (Å²) < 4.78 is 46.5. The van der Waals surface area contributed by atoms with E-state index in [4.69, 9.17) is 4.74 Å². The molecule has 3 aromatic carbocycles. The number of hydrogen-bond donors (Lipinski definition) is 1. The van der Waals surface area contributed by atoms with Gasteiger partial charge in [0.2, 0.25) is 5.91 Å². The molecule has 33 heavy (non-hydrogen) atoms. The molecule has 0 saturated carbocycles. The van der Waals surface area contributed by atoms with Gasteiger partial charge in [0.05, 0.1) is 17.1 Å². The van der Waals surface area contributed by atoms with Crippen molar-refractivity contribution in [3.63, 3.8) is 0 Å². The minimum atomic E-state index is -3.98. The van der Waals surface area contributed by atoms with E-state index in [9.17, 15) is 17.6 Å². The van der Waals surface area contributed by atoms with Crippen molar-refractivity contribution in [2.75, 3.05) is 24.0 Å². The number of amides is 1. The lowest BCUT2D eigenvalue weighted by atomic mass is 10.1. The molecule has 6 nitrogen and oxygen atoms in total. The largest absolute Gasteiger partial charge is 0.492 e. The molecule has 1 N–H and O–H groups in total. The Morgan fingerprint density at radius 1 is 0.970 bits per heavy atom. The first-order valence-corrected chi connectivity index (χ1v) is 11.9. The third-order valence-electron chi connectivity index (χ3n) is 5.25. The number of ether oxygens (including phenoxy) is 1. The highest BCUT2D eigenvalue weighted by molar-refractivity contribution is 7.92. The number of aryl methyl sites for hydroxylation is 2. The molecule has 0 aliphatic rings. The average molecular weight is 471 g/mol. The average Bonchev–Trinajstić information content (AvgIpc) is 2.78. The topological polar surface area (TPSA) is 75.7 Å². The van der Waals surface area contributed by atoms with Crippen molar-refractivity contribution in [1.82, 2.24) is 5.32 Å². The lowest BCUT2D eigenvalue weighted by molar-refractivity contribution is -0.119. The van der Waals surface area contributed by atoms with Crippen molar-refractivity contribution in [1.29, 1.82) is 0 Å². The van der Waals surface area contributed by atoms with Crippen molar-refractivity contribution in [2.45, 2.75) is 25.7 Å². The van der Waals surface area contributed by atoms with Crippen molar-refractivity contribution < 1.29 is 22.3 Å². The monoisotopic (exact) mass is 470 g/mol. The van der Waals surface area contributed by atoms with Gasteiger partial charge in [-0.1, -0.05) is 29.8 Å². The van der Waals surface area contributed by atoms with Gasteiger partial charge in [-0.3, -0.25) is 9.10 Å². The molecule has 1 amide bonds. The summed E-state index contributed by atoms with van der Waals surface area (Å²) in [6.07, 6.45) is 0. The number of nitrogens with zero attached hydrogens (tertiary/aromatic N) is 1. The van der Waals surface area contributed by atoms with Gasteiger partial charge in [0.15, 0.2) is 0 Å². The number of nitrogens with one attached hydrogen (secondary N) is 1. The van der Waals surface area contributed by atoms with E-state index < -0.39 is 15.9 Å². The van der Waals surface area contributed by atoms with Crippen molar-refractivity contribution in [3.05, 3.63) is 89.2 Å². The van der Waals surface area contributed by atoms with Crippen LogP contribution < -0.4 is 14.4 Å². The molecule has 0 aromatic heterocycles. The van der Waals surface area contributed by atoms with Crippen LogP contribution in [-0.2, 0) is 14.8 Å². The fraction of sp³-hybridized carbons (Fsp3) is 0.240. The minimum Gasteiger partial charge on any atom is -0.492 e. The molecule has 174 valence electrons. The van der Waals surface area contributed by atoms with Crippen LogP contribution >= 0.6 is 0 Å². The smallest absolute Gasteiger partial charge is 0.264 e. The van der Waals surface area contributed by atoms with Crippen LogP contribution in [-0.4, -0.2) is 34.0 Å². The van der Waals surface area contributed by atoms with Crippen LogP contribution in [0.25, 0.3) is 0 Å². The van der Waals surface area contributed by atoms with Crippen LogP contribution in [0, 0.1) is 26.6 Å².